The normalized spacial score (nSPS) is 25.4. The minimum absolute atomic E-state index is 0.480. The van der Waals surface area contributed by atoms with Gasteiger partial charge in [-0.05, 0) is 49.4 Å². The molecular weight excluding hydrogens is 318 g/mol. The Bertz CT molecular complexity index is 922. The standard InChI is InChI=1S/C18H19N5S/c24-18-22-21-17(23(18)16-9-11-6-7-13(16)8-11)15-10-14(19-20-15)12-4-2-1-3-5-12/h1-5,10-11,13,16H,6-9H2,(H,19,20)(H,22,24)/t11-,13+,16+/m1/s1. The number of nitrogens with one attached hydrogen (secondary N) is 2. The molecule has 6 heteroatoms. The van der Waals surface area contributed by atoms with Crippen LogP contribution in [0.3, 0.4) is 0 Å². The summed E-state index contributed by atoms with van der Waals surface area (Å²) in [6.45, 7) is 0. The second-order valence-electron chi connectivity index (χ2n) is 7.00. The summed E-state index contributed by atoms with van der Waals surface area (Å²) in [5.41, 5.74) is 2.95. The first-order chi connectivity index (χ1) is 11.8. The number of fused-ring (bicyclic) bond motifs is 2. The third-order valence-electron chi connectivity index (χ3n) is 5.63. The molecule has 0 unspecified atom stereocenters. The van der Waals surface area contributed by atoms with Crippen molar-refractivity contribution in [3.05, 3.63) is 41.2 Å². The molecule has 2 heterocycles. The van der Waals surface area contributed by atoms with Gasteiger partial charge in [0.15, 0.2) is 10.6 Å². The molecule has 0 spiro atoms. The molecule has 0 aliphatic heterocycles. The first kappa shape index (κ1) is 14.2. The summed E-state index contributed by atoms with van der Waals surface area (Å²) in [4.78, 5) is 0. The molecule has 2 aliphatic rings. The molecule has 1 aromatic carbocycles. The Morgan fingerprint density at radius 1 is 1.04 bits per heavy atom. The van der Waals surface area contributed by atoms with Crippen molar-refractivity contribution in [2.75, 3.05) is 0 Å². The van der Waals surface area contributed by atoms with Crippen molar-refractivity contribution in [2.24, 2.45) is 11.8 Å². The lowest BCUT2D eigenvalue weighted by molar-refractivity contribution is 0.329. The highest BCUT2D eigenvalue weighted by molar-refractivity contribution is 7.71. The van der Waals surface area contributed by atoms with Gasteiger partial charge in [-0.15, -0.1) is 0 Å². The first-order valence-electron chi connectivity index (χ1n) is 8.57. The molecule has 0 saturated heterocycles. The highest BCUT2D eigenvalue weighted by Crippen LogP contribution is 2.51. The second kappa shape index (κ2) is 5.41. The molecule has 2 fully saturated rings. The number of aromatic nitrogens is 5. The Hall–Kier alpha value is -2.21. The number of H-pyrrole nitrogens is 2. The molecule has 122 valence electrons. The molecule has 5 nitrogen and oxygen atoms in total. The summed E-state index contributed by atoms with van der Waals surface area (Å²) in [6, 6.07) is 12.7. The van der Waals surface area contributed by atoms with Crippen LogP contribution in [0.25, 0.3) is 22.8 Å². The lowest BCUT2D eigenvalue weighted by Gasteiger charge is -2.23. The zero-order chi connectivity index (χ0) is 16.1. The lowest BCUT2D eigenvalue weighted by atomic mass is 9.95. The van der Waals surface area contributed by atoms with Crippen molar-refractivity contribution < 1.29 is 0 Å². The monoisotopic (exact) mass is 337 g/mol. The topological polar surface area (TPSA) is 62.3 Å². The largest absolute Gasteiger partial charge is 0.295 e. The van der Waals surface area contributed by atoms with Gasteiger partial charge in [-0.3, -0.25) is 14.8 Å². The Morgan fingerprint density at radius 2 is 1.92 bits per heavy atom. The average molecular weight is 337 g/mol. The number of hydrogen-bond donors (Lipinski definition) is 2. The van der Waals surface area contributed by atoms with Crippen LogP contribution in [0.5, 0.6) is 0 Å². The number of nitrogens with zero attached hydrogens (tertiary/aromatic N) is 3. The third-order valence-corrected chi connectivity index (χ3v) is 5.91. The summed E-state index contributed by atoms with van der Waals surface area (Å²) < 4.78 is 2.94. The predicted molar refractivity (Wildman–Crippen MR) is 94.9 cm³/mol. The van der Waals surface area contributed by atoms with E-state index >= 15 is 0 Å². The smallest absolute Gasteiger partial charge is 0.195 e. The summed E-state index contributed by atoms with van der Waals surface area (Å²) in [7, 11) is 0. The number of hydrogen-bond acceptors (Lipinski definition) is 3. The van der Waals surface area contributed by atoms with Crippen LogP contribution in [0.1, 0.15) is 31.7 Å². The molecule has 2 saturated carbocycles. The molecular formula is C18H19N5S. The molecule has 0 amide bonds. The molecule has 2 bridgehead atoms. The molecule has 3 aromatic rings. The minimum Gasteiger partial charge on any atom is -0.295 e. The predicted octanol–water partition coefficient (Wildman–Crippen LogP) is 4.36. The number of rotatable bonds is 3. The van der Waals surface area contributed by atoms with Gasteiger partial charge in [0.2, 0.25) is 0 Å². The van der Waals surface area contributed by atoms with Crippen LogP contribution >= 0.6 is 12.2 Å². The van der Waals surface area contributed by atoms with Crippen LogP contribution in [-0.2, 0) is 0 Å². The van der Waals surface area contributed by atoms with Crippen molar-refractivity contribution in [1.82, 2.24) is 25.0 Å². The van der Waals surface area contributed by atoms with E-state index in [1.165, 1.54) is 25.7 Å². The highest BCUT2D eigenvalue weighted by Gasteiger charge is 2.41. The maximum atomic E-state index is 5.54. The van der Waals surface area contributed by atoms with Gasteiger partial charge in [0.1, 0.15) is 5.69 Å². The number of aromatic amines is 2. The second-order valence-corrected chi connectivity index (χ2v) is 7.38. The van der Waals surface area contributed by atoms with Crippen molar-refractivity contribution in [1.29, 1.82) is 0 Å². The first-order valence-corrected chi connectivity index (χ1v) is 8.98. The maximum absolute atomic E-state index is 5.54. The molecule has 3 atom stereocenters. The van der Waals surface area contributed by atoms with Crippen molar-refractivity contribution in [3.63, 3.8) is 0 Å². The van der Waals surface area contributed by atoms with E-state index in [2.05, 4.69) is 43.2 Å². The fraction of sp³-hybridized carbons (Fsp3) is 0.389. The van der Waals surface area contributed by atoms with Crippen LogP contribution in [0.15, 0.2) is 36.4 Å². The van der Waals surface area contributed by atoms with Crippen LogP contribution in [0.4, 0.5) is 0 Å². The fourth-order valence-corrected chi connectivity index (χ4v) is 4.79. The van der Waals surface area contributed by atoms with E-state index in [1.807, 2.05) is 18.2 Å². The summed E-state index contributed by atoms with van der Waals surface area (Å²) in [5, 5.41) is 15.1. The average Bonchev–Trinajstić information content (AvgIpc) is 3.38. The van der Waals surface area contributed by atoms with E-state index in [0.29, 0.717) is 6.04 Å². The van der Waals surface area contributed by atoms with E-state index in [1.54, 1.807) is 0 Å². The van der Waals surface area contributed by atoms with E-state index in [4.69, 9.17) is 12.2 Å². The van der Waals surface area contributed by atoms with Gasteiger partial charge in [0, 0.05) is 11.6 Å². The van der Waals surface area contributed by atoms with E-state index in [9.17, 15) is 0 Å². The molecule has 2 N–H and O–H groups in total. The zero-order valence-electron chi connectivity index (χ0n) is 13.3. The molecule has 2 aromatic heterocycles. The summed E-state index contributed by atoms with van der Waals surface area (Å²) in [6.07, 6.45) is 5.27. The van der Waals surface area contributed by atoms with Gasteiger partial charge < -0.3 is 0 Å². The van der Waals surface area contributed by atoms with Crippen molar-refractivity contribution in [2.45, 2.75) is 31.7 Å². The van der Waals surface area contributed by atoms with Crippen LogP contribution < -0.4 is 0 Å². The zero-order valence-corrected chi connectivity index (χ0v) is 14.1. The van der Waals surface area contributed by atoms with E-state index in [-0.39, 0.29) is 0 Å². The van der Waals surface area contributed by atoms with Gasteiger partial charge in [-0.25, -0.2) is 0 Å². The fourth-order valence-electron chi connectivity index (χ4n) is 4.52. The lowest BCUT2D eigenvalue weighted by Crippen LogP contribution is -2.17. The van der Waals surface area contributed by atoms with Crippen LogP contribution in [0, 0.1) is 16.6 Å². The Kier molecular flexibility index (Phi) is 3.19. The SMILES string of the molecule is S=c1[nH]nc(-c2cc(-c3ccccc3)n[nH]2)n1[C@H]1C[C@@H]2CC[C@H]1C2. The molecule has 24 heavy (non-hydrogen) atoms. The highest BCUT2D eigenvalue weighted by atomic mass is 32.1. The van der Waals surface area contributed by atoms with Gasteiger partial charge in [0.25, 0.3) is 0 Å². The molecule has 5 rings (SSSR count). The van der Waals surface area contributed by atoms with Crippen molar-refractivity contribution >= 4 is 12.2 Å². The third kappa shape index (κ3) is 2.17. The van der Waals surface area contributed by atoms with Crippen LogP contribution in [-0.4, -0.2) is 25.0 Å². The van der Waals surface area contributed by atoms with Gasteiger partial charge in [-0.2, -0.15) is 10.2 Å². The Labute approximate surface area is 145 Å². The van der Waals surface area contributed by atoms with E-state index in [0.717, 1.165) is 39.4 Å². The van der Waals surface area contributed by atoms with Crippen LogP contribution in [0.2, 0.25) is 0 Å². The maximum Gasteiger partial charge on any atom is 0.195 e. The van der Waals surface area contributed by atoms with Crippen molar-refractivity contribution in [3.8, 4) is 22.8 Å². The summed E-state index contributed by atoms with van der Waals surface area (Å²) in [5.74, 6) is 2.49. The summed E-state index contributed by atoms with van der Waals surface area (Å²) >= 11 is 5.54. The Balaban J connectivity index is 1.54. The van der Waals surface area contributed by atoms with Gasteiger partial charge >= 0.3 is 0 Å². The minimum atomic E-state index is 0.480. The van der Waals surface area contributed by atoms with Gasteiger partial charge in [0.05, 0.1) is 5.69 Å². The Morgan fingerprint density at radius 3 is 2.67 bits per heavy atom. The quantitative estimate of drug-likeness (QED) is 0.698. The molecule has 0 radical (unpaired) electrons. The van der Waals surface area contributed by atoms with E-state index < -0.39 is 0 Å². The molecule has 2 aliphatic carbocycles. The number of benzene rings is 1. The van der Waals surface area contributed by atoms with Gasteiger partial charge in [-0.1, -0.05) is 36.8 Å².